The fourth-order valence-electron chi connectivity index (χ4n) is 3.87. The molecule has 23 heavy (non-hydrogen) atoms. The molecule has 2 aromatic rings. The van der Waals surface area contributed by atoms with Crippen LogP contribution in [0.25, 0.3) is 0 Å². The average Bonchev–Trinajstić information content (AvgIpc) is 3.13. The molecule has 2 atom stereocenters. The molecule has 0 aromatic heterocycles. The maximum atomic E-state index is 3.40. The van der Waals surface area contributed by atoms with Gasteiger partial charge in [0.25, 0.3) is 0 Å². The summed E-state index contributed by atoms with van der Waals surface area (Å²) in [4.78, 5) is 0. The number of hydrogen-bond donors (Lipinski definition) is 0. The van der Waals surface area contributed by atoms with Gasteiger partial charge >= 0.3 is 0 Å². The molecule has 0 radical (unpaired) electrons. The van der Waals surface area contributed by atoms with Crippen molar-refractivity contribution in [2.75, 3.05) is 0 Å². The molecule has 1 saturated carbocycles. The molecular weight excluding hydrogens is 276 g/mol. The SMILES string of the molecule is Cc1cc(C)c(C#Cc2cc(C)c(C3CC3C)c(C)c2)c(C)c1. The molecule has 0 amide bonds. The maximum Gasteiger partial charge on any atom is 0.0307 e. The molecule has 2 unspecified atom stereocenters. The molecule has 1 aliphatic rings. The molecule has 0 saturated heterocycles. The number of benzene rings is 2. The van der Waals surface area contributed by atoms with Gasteiger partial charge in [0.15, 0.2) is 0 Å². The minimum atomic E-state index is 0.776. The van der Waals surface area contributed by atoms with Crippen molar-refractivity contribution in [1.82, 2.24) is 0 Å². The van der Waals surface area contributed by atoms with E-state index in [0.717, 1.165) is 17.4 Å². The third-order valence-corrected chi connectivity index (χ3v) is 5.08. The molecule has 0 N–H and O–H groups in total. The molecule has 0 spiro atoms. The predicted octanol–water partition coefficient (Wildman–Crippen LogP) is 5.75. The first kappa shape index (κ1) is 15.9. The lowest BCUT2D eigenvalue weighted by atomic mass is 9.94. The lowest BCUT2D eigenvalue weighted by molar-refractivity contribution is 0.901. The largest absolute Gasteiger partial charge is 0.0619 e. The van der Waals surface area contributed by atoms with Crippen LogP contribution in [0.5, 0.6) is 0 Å². The van der Waals surface area contributed by atoms with Crippen LogP contribution in [0.1, 0.15) is 63.8 Å². The van der Waals surface area contributed by atoms with E-state index in [9.17, 15) is 0 Å². The zero-order chi connectivity index (χ0) is 16.7. The van der Waals surface area contributed by atoms with Gasteiger partial charge < -0.3 is 0 Å². The zero-order valence-corrected chi connectivity index (χ0v) is 15.2. The molecule has 0 aliphatic heterocycles. The van der Waals surface area contributed by atoms with Crippen LogP contribution >= 0.6 is 0 Å². The average molecular weight is 302 g/mol. The Hall–Kier alpha value is -2.00. The molecule has 2 aromatic carbocycles. The van der Waals surface area contributed by atoms with E-state index in [4.69, 9.17) is 0 Å². The van der Waals surface area contributed by atoms with E-state index < -0.39 is 0 Å². The summed E-state index contributed by atoms with van der Waals surface area (Å²) < 4.78 is 0. The minimum absolute atomic E-state index is 0.776. The van der Waals surface area contributed by atoms with Crippen LogP contribution in [0.3, 0.4) is 0 Å². The first-order valence-electron chi connectivity index (χ1n) is 8.58. The Balaban J connectivity index is 1.96. The van der Waals surface area contributed by atoms with Crippen LogP contribution in [-0.2, 0) is 0 Å². The Labute approximate surface area is 140 Å². The summed E-state index contributed by atoms with van der Waals surface area (Å²) in [5.41, 5.74) is 10.5. The van der Waals surface area contributed by atoms with E-state index in [2.05, 4.69) is 77.6 Å². The molecule has 1 fully saturated rings. The zero-order valence-electron chi connectivity index (χ0n) is 15.2. The normalized spacial score (nSPS) is 19.2. The van der Waals surface area contributed by atoms with E-state index in [-0.39, 0.29) is 0 Å². The second-order valence-corrected chi connectivity index (χ2v) is 7.37. The summed E-state index contributed by atoms with van der Waals surface area (Å²) in [5.74, 6) is 8.42. The highest BCUT2D eigenvalue weighted by Crippen LogP contribution is 2.49. The van der Waals surface area contributed by atoms with Gasteiger partial charge in [0.2, 0.25) is 0 Å². The quantitative estimate of drug-likeness (QED) is 0.588. The molecule has 118 valence electrons. The molecule has 0 heterocycles. The number of hydrogen-bond acceptors (Lipinski definition) is 0. The van der Waals surface area contributed by atoms with E-state index in [0.29, 0.717) is 0 Å². The Morgan fingerprint density at radius 3 is 1.78 bits per heavy atom. The highest BCUT2D eigenvalue weighted by atomic mass is 14.4. The minimum Gasteiger partial charge on any atom is -0.0619 e. The predicted molar refractivity (Wildman–Crippen MR) is 99.1 cm³/mol. The third-order valence-electron chi connectivity index (χ3n) is 5.08. The Bertz CT molecular complexity index is 781. The highest BCUT2D eigenvalue weighted by Gasteiger charge is 2.35. The molecule has 0 heteroatoms. The van der Waals surface area contributed by atoms with Gasteiger partial charge in [-0.05, 0) is 92.8 Å². The summed E-state index contributed by atoms with van der Waals surface area (Å²) >= 11 is 0. The van der Waals surface area contributed by atoms with Crippen molar-refractivity contribution in [3.8, 4) is 11.8 Å². The van der Waals surface area contributed by atoms with E-state index >= 15 is 0 Å². The lowest BCUT2D eigenvalue weighted by Gasteiger charge is -2.10. The summed E-state index contributed by atoms with van der Waals surface area (Å²) in [5, 5.41) is 0. The van der Waals surface area contributed by atoms with Gasteiger partial charge in [0.05, 0.1) is 0 Å². The molecule has 1 aliphatic carbocycles. The van der Waals surface area contributed by atoms with Gasteiger partial charge in [-0.2, -0.15) is 0 Å². The third kappa shape index (κ3) is 3.20. The lowest BCUT2D eigenvalue weighted by Crippen LogP contribution is -1.94. The molecule has 3 rings (SSSR count). The topological polar surface area (TPSA) is 0 Å². The summed E-state index contributed by atoms with van der Waals surface area (Å²) in [6.45, 7) is 13.3. The standard InChI is InChI=1S/C23H26/c1-14-9-15(2)21(16(3)10-14)8-7-20-11-18(5)23(19(6)12-20)22-13-17(22)4/h9-12,17,22H,13H2,1-6H3. The van der Waals surface area contributed by atoms with Crippen molar-refractivity contribution in [2.24, 2.45) is 5.92 Å². The summed E-state index contributed by atoms with van der Waals surface area (Å²) in [6, 6.07) is 8.95. The van der Waals surface area contributed by atoms with Gasteiger partial charge in [-0.1, -0.05) is 36.5 Å². The van der Waals surface area contributed by atoms with E-state index in [1.54, 1.807) is 5.56 Å². The summed E-state index contributed by atoms with van der Waals surface area (Å²) in [6.07, 6.45) is 1.34. The smallest absolute Gasteiger partial charge is 0.0307 e. The maximum absolute atomic E-state index is 3.40. The van der Waals surface area contributed by atoms with Crippen molar-refractivity contribution in [3.63, 3.8) is 0 Å². The second kappa shape index (κ2) is 5.89. The van der Waals surface area contributed by atoms with E-state index in [1.807, 2.05) is 0 Å². The van der Waals surface area contributed by atoms with Gasteiger partial charge in [-0.3, -0.25) is 0 Å². The Kier molecular flexibility index (Phi) is 4.07. The van der Waals surface area contributed by atoms with Crippen LogP contribution in [0, 0.1) is 52.4 Å². The summed E-state index contributed by atoms with van der Waals surface area (Å²) in [7, 11) is 0. The van der Waals surface area contributed by atoms with Crippen LogP contribution in [0.15, 0.2) is 24.3 Å². The van der Waals surface area contributed by atoms with Crippen molar-refractivity contribution < 1.29 is 0 Å². The van der Waals surface area contributed by atoms with Crippen LogP contribution in [0.4, 0.5) is 0 Å². The van der Waals surface area contributed by atoms with Crippen molar-refractivity contribution in [2.45, 2.75) is 53.9 Å². The molecule has 0 bridgehead atoms. The fourth-order valence-corrected chi connectivity index (χ4v) is 3.87. The van der Waals surface area contributed by atoms with Crippen molar-refractivity contribution in [3.05, 3.63) is 68.8 Å². The van der Waals surface area contributed by atoms with Gasteiger partial charge in [-0.25, -0.2) is 0 Å². The van der Waals surface area contributed by atoms with Crippen LogP contribution in [0.2, 0.25) is 0 Å². The first-order chi connectivity index (χ1) is 10.9. The monoisotopic (exact) mass is 302 g/mol. The van der Waals surface area contributed by atoms with Gasteiger partial charge in [0.1, 0.15) is 0 Å². The Morgan fingerprint density at radius 1 is 0.783 bits per heavy atom. The number of rotatable bonds is 1. The van der Waals surface area contributed by atoms with E-state index in [1.165, 1.54) is 39.8 Å². The van der Waals surface area contributed by atoms with Gasteiger partial charge in [0, 0.05) is 11.1 Å². The van der Waals surface area contributed by atoms with Crippen LogP contribution < -0.4 is 0 Å². The van der Waals surface area contributed by atoms with Gasteiger partial charge in [-0.15, -0.1) is 0 Å². The number of aryl methyl sites for hydroxylation is 5. The first-order valence-corrected chi connectivity index (χ1v) is 8.58. The second-order valence-electron chi connectivity index (χ2n) is 7.37. The molecular formula is C23H26. The highest BCUT2D eigenvalue weighted by molar-refractivity contribution is 5.53. The van der Waals surface area contributed by atoms with Crippen molar-refractivity contribution in [1.29, 1.82) is 0 Å². The molecule has 0 nitrogen and oxygen atoms in total. The fraction of sp³-hybridized carbons (Fsp3) is 0.391. The van der Waals surface area contributed by atoms with Crippen LogP contribution in [-0.4, -0.2) is 0 Å². The Morgan fingerprint density at radius 2 is 1.30 bits per heavy atom. The van der Waals surface area contributed by atoms with Crippen molar-refractivity contribution >= 4 is 0 Å².